The minimum Gasteiger partial charge on any atom is -0.399 e. The summed E-state index contributed by atoms with van der Waals surface area (Å²) in [6.45, 7) is 12.3. The van der Waals surface area contributed by atoms with Crippen molar-refractivity contribution < 1.29 is 22.9 Å². The molecule has 1 saturated heterocycles. The molecular weight excluding hydrogens is 314 g/mol. The Morgan fingerprint density at radius 1 is 0.957 bits per heavy atom. The van der Waals surface area contributed by atoms with Crippen molar-refractivity contribution in [3.63, 3.8) is 0 Å². The fourth-order valence-corrected chi connectivity index (χ4v) is 3.89. The molecule has 0 N–H and O–H groups in total. The Hall–Kier alpha value is -0.645. The summed E-state index contributed by atoms with van der Waals surface area (Å²) in [6, 6.07) is 7.21. The first kappa shape index (κ1) is 18.7. The molecule has 0 saturated carbocycles. The maximum Gasteiger partial charge on any atom is 0.494 e. The Labute approximate surface area is 139 Å². The fourth-order valence-electron chi connectivity index (χ4n) is 2.32. The summed E-state index contributed by atoms with van der Waals surface area (Å²) in [5.74, 6) is 0. The highest BCUT2D eigenvalue weighted by atomic mass is 31.2. The van der Waals surface area contributed by atoms with E-state index in [1.165, 1.54) is 0 Å². The van der Waals surface area contributed by atoms with E-state index in [0.717, 1.165) is 5.46 Å². The van der Waals surface area contributed by atoms with E-state index in [4.69, 9.17) is 18.4 Å². The zero-order valence-electron chi connectivity index (χ0n) is 14.8. The van der Waals surface area contributed by atoms with Crippen molar-refractivity contribution in [3.8, 4) is 0 Å². The molecule has 1 aromatic carbocycles. The lowest BCUT2D eigenvalue weighted by atomic mass is 9.79. The standard InChI is InChI=1S/C16H26BO5P/c1-7-19-23(18,20-8-2)14-11-9-13(10-12-14)17-21-15(3,4)16(5,6)22-17/h9-12H,7-8H2,1-6H3. The molecular formula is C16H26BO5P. The molecule has 1 aromatic rings. The Morgan fingerprint density at radius 2 is 1.39 bits per heavy atom. The summed E-state index contributed by atoms with van der Waals surface area (Å²) in [4.78, 5) is 0. The van der Waals surface area contributed by atoms with E-state index >= 15 is 0 Å². The molecule has 0 atom stereocenters. The van der Waals surface area contributed by atoms with Crippen LogP contribution in [0.1, 0.15) is 41.5 Å². The molecule has 1 aliphatic heterocycles. The second kappa shape index (κ2) is 6.69. The Kier molecular flexibility index (Phi) is 5.44. The van der Waals surface area contributed by atoms with Crippen molar-refractivity contribution in [1.82, 2.24) is 0 Å². The molecule has 1 fully saturated rings. The summed E-state index contributed by atoms with van der Waals surface area (Å²) in [6.07, 6.45) is 0. The van der Waals surface area contributed by atoms with E-state index < -0.39 is 14.7 Å². The first-order valence-electron chi connectivity index (χ1n) is 8.00. The SMILES string of the molecule is CCOP(=O)(OCC)c1ccc(B2OC(C)(C)C(C)(C)O2)cc1. The first-order chi connectivity index (χ1) is 10.6. The highest BCUT2D eigenvalue weighted by molar-refractivity contribution is 7.62. The van der Waals surface area contributed by atoms with Crippen LogP contribution in [0.15, 0.2) is 24.3 Å². The summed E-state index contributed by atoms with van der Waals surface area (Å²) >= 11 is 0. The monoisotopic (exact) mass is 340 g/mol. The Morgan fingerprint density at radius 3 is 1.78 bits per heavy atom. The summed E-state index contributed by atoms with van der Waals surface area (Å²) in [7, 11) is -3.69. The van der Waals surface area contributed by atoms with Gasteiger partial charge in [0.2, 0.25) is 0 Å². The summed E-state index contributed by atoms with van der Waals surface area (Å²) in [5, 5.41) is 0.543. The van der Waals surface area contributed by atoms with Crippen LogP contribution in [0, 0.1) is 0 Å². The van der Waals surface area contributed by atoms with Gasteiger partial charge in [-0.3, -0.25) is 4.57 Å². The summed E-state index contributed by atoms with van der Waals surface area (Å²) in [5.41, 5.74) is 0.108. The van der Waals surface area contributed by atoms with Crippen LogP contribution in [-0.2, 0) is 22.9 Å². The average molecular weight is 340 g/mol. The lowest BCUT2D eigenvalue weighted by Gasteiger charge is -2.32. The molecule has 0 spiro atoms. The van der Waals surface area contributed by atoms with Crippen LogP contribution in [0.4, 0.5) is 0 Å². The molecule has 5 nitrogen and oxygen atoms in total. The van der Waals surface area contributed by atoms with Crippen LogP contribution in [-0.4, -0.2) is 31.5 Å². The molecule has 0 bridgehead atoms. The van der Waals surface area contributed by atoms with E-state index in [1.54, 1.807) is 26.0 Å². The predicted molar refractivity (Wildman–Crippen MR) is 92.7 cm³/mol. The predicted octanol–water partition coefficient (Wildman–Crippen LogP) is 2.88. The summed E-state index contributed by atoms with van der Waals surface area (Å²) < 4.78 is 35.5. The maximum absolute atomic E-state index is 12.7. The topological polar surface area (TPSA) is 54.0 Å². The van der Waals surface area contributed by atoms with Gasteiger partial charge in [0.25, 0.3) is 0 Å². The van der Waals surface area contributed by atoms with Gasteiger partial charge in [-0.05, 0) is 59.1 Å². The molecule has 0 unspecified atom stereocenters. The third-order valence-electron chi connectivity index (χ3n) is 4.33. The van der Waals surface area contributed by atoms with Crippen molar-refractivity contribution in [2.45, 2.75) is 52.7 Å². The smallest absolute Gasteiger partial charge is 0.399 e. The first-order valence-corrected chi connectivity index (χ1v) is 9.55. The second-order valence-electron chi connectivity index (χ2n) is 6.51. The molecule has 7 heteroatoms. The molecule has 2 rings (SSSR count). The van der Waals surface area contributed by atoms with Crippen LogP contribution in [0.5, 0.6) is 0 Å². The highest BCUT2D eigenvalue weighted by Gasteiger charge is 2.51. The third-order valence-corrected chi connectivity index (χ3v) is 6.46. The van der Waals surface area contributed by atoms with Gasteiger partial charge in [0.05, 0.1) is 29.7 Å². The molecule has 0 aliphatic carbocycles. The molecule has 0 amide bonds. The van der Waals surface area contributed by atoms with Gasteiger partial charge in [-0.15, -0.1) is 0 Å². The van der Waals surface area contributed by atoms with Gasteiger partial charge in [0.1, 0.15) is 0 Å². The second-order valence-corrected chi connectivity index (χ2v) is 8.54. The zero-order chi connectivity index (χ0) is 17.3. The van der Waals surface area contributed by atoms with E-state index in [9.17, 15) is 4.57 Å². The van der Waals surface area contributed by atoms with E-state index in [2.05, 4.69) is 0 Å². The maximum atomic E-state index is 12.7. The number of hydrogen-bond donors (Lipinski definition) is 0. The van der Waals surface area contributed by atoms with Crippen molar-refractivity contribution in [3.05, 3.63) is 24.3 Å². The van der Waals surface area contributed by atoms with Gasteiger partial charge < -0.3 is 18.4 Å². The molecule has 1 aliphatic rings. The largest absolute Gasteiger partial charge is 0.494 e. The van der Waals surface area contributed by atoms with Gasteiger partial charge in [0, 0.05) is 0 Å². The van der Waals surface area contributed by atoms with E-state index in [1.807, 2.05) is 39.8 Å². The molecule has 0 radical (unpaired) electrons. The molecule has 128 valence electrons. The van der Waals surface area contributed by atoms with Crippen molar-refractivity contribution in [2.24, 2.45) is 0 Å². The number of benzene rings is 1. The van der Waals surface area contributed by atoms with Crippen LogP contribution in [0.2, 0.25) is 0 Å². The van der Waals surface area contributed by atoms with Crippen LogP contribution in [0.25, 0.3) is 0 Å². The van der Waals surface area contributed by atoms with Crippen LogP contribution in [0.3, 0.4) is 0 Å². The van der Waals surface area contributed by atoms with E-state index in [0.29, 0.717) is 18.5 Å². The fraction of sp³-hybridized carbons (Fsp3) is 0.625. The van der Waals surface area contributed by atoms with Crippen molar-refractivity contribution in [2.75, 3.05) is 13.2 Å². The van der Waals surface area contributed by atoms with Crippen LogP contribution < -0.4 is 10.8 Å². The van der Waals surface area contributed by atoms with Crippen molar-refractivity contribution in [1.29, 1.82) is 0 Å². The van der Waals surface area contributed by atoms with Gasteiger partial charge in [0.15, 0.2) is 0 Å². The Balaban J connectivity index is 2.22. The number of hydrogen-bond acceptors (Lipinski definition) is 5. The quantitative estimate of drug-likeness (QED) is 0.589. The molecule has 23 heavy (non-hydrogen) atoms. The molecule has 1 heterocycles. The highest BCUT2D eigenvalue weighted by Crippen LogP contribution is 2.46. The zero-order valence-corrected chi connectivity index (χ0v) is 15.7. The van der Waals surface area contributed by atoms with E-state index in [-0.39, 0.29) is 11.2 Å². The van der Waals surface area contributed by atoms with Crippen LogP contribution >= 0.6 is 7.60 Å². The van der Waals surface area contributed by atoms with Gasteiger partial charge in [-0.25, -0.2) is 0 Å². The third kappa shape index (κ3) is 3.72. The number of rotatable bonds is 6. The lowest BCUT2D eigenvalue weighted by Crippen LogP contribution is -2.41. The van der Waals surface area contributed by atoms with Gasteiger partial charge >= 0.3 is 14.7 Å². The van der Waals surface area contributed by atoms with Gasteiger partial charge in [-0.2, -0.15) is 0 Å². The minimum atomic E-state index is -3.26. The normalized spacial score (nSPS) is 20.0. The lowest BCUT2D eigenvalue weighted by molar-refractivity contribution is 0.00578. The molecule has 0 aromatic heterocycles. The average Bonchev–Trinajstić information content (AvgIpc) is 2.68. The Bertz CT molecular complexity index is 559. The minimum absolute atomic E-state index is 0.330. The van der Waals surface area contributed by atoms with Crippen molar-refractivity contribution >= 4 is 25.5 Å². The van der Waals surface area contributed by atoms with Gasteiger partial charge in [-0.1, -0.05) is 12.1 Å².